The molecule has 0 bridgehead atoms. The van der Waals surface area contributed by atoms with Crippen LogP contribution in [-0.4, -0.2) is 67.6 Å². The van der Waals surface area contributed by atoms with E-state index < -0.39 is 17.9 Å². The molecule has 268 valence electrons. The number of fused-ring (bicyclic) bond motifs is 2. The molecule has 2 aromatic heterocycles. The molecule has 0 aliphatic heterocycles. The Kier molecular flexibility index (Phi) is 12.0. The summed E-state index contributed by atoms with van der Waals surface area (Å²) in [5.74, 6) is -2.35. The van der Waals surface area contributed by atoms with E-state index in [-0.39, 0.29) is 22.6 Å². The monoisotopic (exact) mass is 708 g/mol. The lowest BCUT2D eigenvalue weighted by molar-refractivity contribution is -0.134. The largest absolute Gasteiger partial charge is 0.507 e. The van der Waals surface area contributed by atoms with Gasteiger partial charge in [-0.2, -0.15) is 0 Å². The van der Waals surface area contributed by atoms with E-state index in [1.54, 1.807) is 26.4 Å². The highest BCUT2D eigenvalue weighted by Gasteiger charge is 2.13. The van der Waals surface area contributed by atoms with Crippen LogP contribution in [-0.2, 0) is 4.79 Å². The number of aromatic carboxylic acids is 2. The number of pyridine rings is 2. The van der Waals surface area contributed by atoms with Crippen molar-refractivity contribution in [2.24, 2.45) is 0 Å². The predicted octanol–water partition coefficient (Wildman–Crippen LogP) is 7.49. The van der Waals surface area contributed by atoms with Gasteiger partial charge in [0.05, 0.1) is 25.3 Å². The molecule has 6 aromatic rings. The number of carboxylic acids is 3. The van der Waals surface area contributed by atoms with Crippen molar-refractivity contribution in [3.8, 4) is 23.0 Å². The van der Waals surface area contributed by atoms with Crippen LogP contribution in [0.5, 0.6) is 23.0 Å². The summed E-state index contributed by atoms with van der Waals surface area (Å²) >= 11 is 0. The quantitative estimate of drug-likeness (QED) is 0.0762. The van der Waals surface area contributed by atoms with Crippen LogP contribution in [0.25, 0.3) is 21.8 Å². The number of aromatic hydroxyl groups is 2. The summed E-state index contributed by atoms with van der Waals surface area (Å²) < 4.78 is 10.5. The maximum Gasteiger partial charge on any atom is 0.339 e. The third-order valence-electron chi connectivity index (χ3n) is 7.30. The normalized spacial score (nSPS) is 10.2. The lowest BCUT2D eigenvalue weighted by atomic mass is 10.1. The molecular formula is C38H36N4O10. The number of aryl methyl sites for hydroxylation is 2. The van der Waals surface area contributed by atoms with Crippen LogP contribution in [0.3, 0.4) is 0 Å². The zero-order valence-electron chi connectivity index (χ0n) is 28.8. The van der Waals surface area contributed by atoms with E-state index in [1.165, 1.54) is 24.3 Å². The number of nitrogens with zero attached hydrogens (tertiary/aromatic N) is 2. The van der Waals surface area contributed by atoms with Gasteiger partial charge in [0, 0.05) is 51.8 Å². The Labute approximate surface area is 297 Å². The van der Waals surface area contributed by atoms with Crippen LogP contribution in [0.1, 0.15) is 39.0 Å². The fourth-order valence-corrected chi connectivity index (χ4v) is 5.02. The van der Waals surface area contributed by atoms with Crippen molar-refractivity contribution in [1.29, 1.82) is 0 Å². The molecule has 0 unspecified atom stereocenters. The van der Waals surface area contributed by atoms with E-state index >= 15 is 0 Å². The first-order chi connectivity index (χ1) is 24.7. The van der Waals surface area contributed by atoms with Crippen molar-refractivity contribution < 1.29 is 49.4 Å². The minimum Gasteiger partial charge on any atom is -0.507 e. The van der Waals surface area contributed by atoms with Crippen LogP contribution in [0.4, 0.5) is 22.7 Å². The molecule has 0 saturated heterocycles. The Morgan fingerprint density at radius 2 is 0.942 bits per heavy atom. The number of hydrogen-bond donors (Lipinski definition) is 7. The molecule has 0 amide bonds. The van der Waals surface area contributed by atoms with Crippen LogP contribution in [0, 0.1) is 13.8 Å². The van der Waals surface area contributed by atoms with E-state index in [0.717, 1.165) is 51.5 Å². The number of methoxy groups -OCH3 is 2. The Bertz CT molecular complexity index is 2130. The first-order valence-electron chi connectivity index (χ1n) is 15.5. The van der Waals surface area contributed by atoms with Crippen molar-refractivity contribution in [3.05, 3.63) is 107 Å². The molecule has 52 heavy (non-hydrogen) atoms. The molecule has 0 aliphatic carbocycles. The van der Waals surface area contributed by atoms with Crippen LogP contribution in [0.15, 0.2) is 84.9 Å². The maximum atomic E-state index is 11.2. The number of phenols is 2. The fraction of sp³-hybridized carbons (Fsp3) is 0.132. The average Bonchev–Trinajstić information content (AvgIpc) is 3.09. The van der Waals surface area contributed by atoms with Gasteiger partial charge in [0.1, 0.15) is 34.1 Å². The third-order valence-corrected chi connectivity index (χ3v) is 7.30. The molecular weight excluding hydrogens is 672 g/mol. The summed E-state index contributed by atoms with van der Waals surface area (Å²) in [6, 6.07) is 23.6. The van der Waals surface area contributed by atoms with Gasteiger partial charge < -0.3 is 45.6 Å². The number of carbonyl (C=O) groups is 3. The minimum absolute atomic E-state index is 0.160. The van der Waals surface area contributed by atoms with Crippen molar-refractivity contribution in [2.75, 3.05) is 24.9 Å². The number of benzene rings is 4. The molecule has 0 radical (unpaired) electrons. The molecule has 0 fully saturated rings. The topological polar surface area (TPSA) is 221 Å². The van der Waals surface area contributed by atoms with Crippen molar-refractivity contribution in [1.82, 2.24) is 9.97 Å². The Hall–Kier alpha value is -7.09. The number of aliphatic carboxylic acids is 1. The second kappa shape index (κ2) is 16.5. The highest BCUT2D eigenvalue weighted by molar-refractivity contribution is 5.97. The molecule has 0 saturated carbocycles. The molecule has 2 heterocycles. The highest BCUT2D eigenvalue weighted by Crippen LogP contribution is 2.33. The van der Waals surface area contributed by atoms with E-state index in [0.29, 0.717) is 22.9 Å². The van der Waals surface area contributed by atoms with Gasteiger partial charge in [-0.1, -0.05) is 0 Å². The SMILES string of the molecule is CC(=O)O.COc1ccc2nc(C)cc(Nc3ccc(O)c(C(=O)O)c3)c2c1.COc1ccc2nc(C)cc(Nc3ccc(O)c(C(=O)O)c3)c2c1. The second-order valence-corrected chi connectivity index (χ2v) is 11.2. The third kappa shape index (κ3) is 9.53. The number of hydrogen-bond acceptors (Lipinski definition) is 11. The molecule has 14 nitrogen and oxygen atoms in total. The summed E-state index contributed by atoms with van der Waals surface area (Å²) in [6.07, 6.45) is 0. The van der Waals surface area contributed by atoms with Gasteiger partial charge in [-0.15, -0.1) is 0 Å². The van der Waals surface area contributed by atoms with Gasteiger partial charge in [-0.25, -0.2) is 9.59 Å². The summed E-state index contributed by atoms with van der Waals surface area (Å²) in [6.45, 7) is 4.85. The van der Waals surface area contributed by atoms with E-state index in [9.17, 15) is 19.8 Å². The number of nitrogens with one attached hydrogen (secondary N) is 2. The van der Waals surface area contributed by atoms with Crippen molar-refractivity contribution >= 4 is 62.5 Å². The van der Waals surface area contributed by atoms with Gasteiger partial charge in [0.2, 0.25) is 0 Å². The lowest BCUT2D eigenvalue weighted by Gasteiger charge is -2.13. The molecule has 0 atom stereocenters. The van der Waals surface area contributed by atoms with Crippen molar-refractivity contribution in [3.63, 3.8) is 0 Å². The Morgan fingerprint density at radius 1 is 0.577 bits per heavy atom. The summed E-state index contributed by atoms with van der Waals surface area (Å²) in [5.41, 5.74) is 5.60. The van der Waals surface area contributed by atoms with Crippen LogP contribution < -0.4 is 20.1 Å². The number of rotatable bonds is 8. The fourth-order valence-electron chi connectivity index (χ4n) is 5.02. The number of anilines is 4. The van der Waals surface area contributed by atoms with Gasteiger partial charge in [0.25, 0.3) is 5.97 Å². The molecule has 14 heteroatoms. The standard InChI is InChI=1S/2C18H16N2O4.C2H4O2/c2*1-10-7-16(13-9-12(24-2)4-5-15(13)19-10)20-11-3-6-17(21)14(8-11)18(22)23;1-2(3)4/h2*3-9,21H,1-2H3,(H,19,20)(H,22,23);1H3,(H,3,4). The Balaban J connectivity index is 0.000000211. The lowest BCUT2D eigenvalue weighted by Crippen LogP contribution is -2.00. The van der Waals surface area contributed by atoms with Gasteiger partial charge >= 0.3 is 11.9 Å². The predicted molar refractivity (Wildman–Crippen MR) is 196 cm³/mol. The summed E-state index contributed by atoms with van der Waals surface area (Å²) in [5, 5.41) is 53.0. The number of aromatic nitrogens is 2. The zero-order valence-corrected chi connectivity index (χ0v) is 28.8. The van der Waals surface area contributed by atoms with Crippen LogP contribution >= 0.6 is 0 Å². The molecule has 4 aromatic carbocycles. The minimum atomic E-state index is -1.19. The molecule has 7 N–H and O–H groups in total. The zero-order chi connectivity index (χ0) is 38.1. The first kappa shape index (κ1) is 37.7. The highest BCUT2D eigenvalue weighted by atomic mass is 16.5. The number of carboxylic acid groups (broad SMARTS) is 3. The molecule has 0 aliphatic rings. The van der Waals surface area contributed by atoms with Crippen LogP contribution in [0.2, 0.25) is 0 Å². The summed E-state index contributed by atoms with van der Waals surface area (Å²) in [7, 11) is 3.18. The van der Waals surface area contributed by atoms with Gasteiger partial charge in [-0.3, -0.25) is 14.8 Å². The van der Waals surface area contributed by atoms with Crippen molar-refractivity contribution in [2.45, 2.75) is 20.8 Å². The van der Waals surface area contributed by atoms with Gasteiger partial charge in [0.15, 0.2) is 0 Å². The smallest absolute Gasteiger partial charge is 0.339 e. The van der Waals surface area contributed by atoms with E-state index in [1.807, 2.05) is 62.4 Å². The molecule has 0 spiro atoms. The number of ether oxygens (including phenoxy) is 2. The first-order valence-corrected chi connectivity index (χ1v) is 15.5. The van der Waals surface area contributed by atoms with E-state index in [2.05, 4.69) is 20.6 Å². The maximum absolute atomic E-state index is 11.2. The van der Waals surface area contributed by atoms with E-state index in [4.69, 9.17) is 29.6 Å². The summed E-state index contributed by atoms with van der Waals surface area (Å²) in [4.78, 5) is 40.3. The van der Waals surface area contributed by atoms with Gasteiger partial charge in [-0.05, 0) is 98.8 Å². The second-order valence-electron chi connectivity index (χ2n) is 11.2. The Morgan fingerprint density at radius 3 is 1.27 bits per heavy atom. The average molecular weight is 709 g/mol. The molecule has 6 rings (SSSR count).